The molecule has 7 aromatic rings. The molecule has 2 aromatic heterocycles. The van der Waals surface area contributed by atoms with E-state index < -0.39 is 0 Å². The number of fused-ring (bicyclic) bond motifs is 7. The van der Waals surface area contributed by atoms with Crippen LogP contribution in [0.15, 0.2) is 119 Å². The molecule has 4 bridgehead atoms. The van der Waals surface area contributed by atoms with Gasteiger partial charge in [-0.3, -0.25) is 0 Å². The van der Waals surface area contributed by atoms with Crippen molar-refractivity contribution in [1.29, 1.82) is 0 Å². The van der Waals surface area contributed by atoms with Crippen LogP contribution in [0.25, 0.3) is 66.9 Å². The van der Waals surface area contributed by atoms with E-state index in [-0.39, 0.29) is 5.41 Å². The van der Waals surface area contributed by atoms with Crippen molar-refractivity contribution in [1.82, 2.24) is 15.0 Å². The van der Waals surface area contributed by atoms with Gasteiger partial charge in [0.2, 0.25) is 0 Å². The first-order chi connectivity index (χ1) is 27.9. The monoisotopic (exact) mass is 743 g/mol. The highest BCUT2D eigenvalue weighted by Crippen LogP contribution is 2.69. The van der Waals surface area contributed by atoms with Gasteiger partial charge in [0.15, 0.2) is 17.5 Å². The maximum atomic E-state index is 6.52. The van der Waals surface area contributed by atoms with Crippen LogP contribution in [0.5, 0.6) is 0 Å². The number of allylic oxidation sites excluding steroid dienone is 2. The molecule has 4 fully saturated rings. The van der Waals surface area contributed by atoms with Gasteiger partial charge in [-0.05, 0) is 145 Å². The number of rotatable bonds is 5. The molecule has 2 unspecified atom stereocenters. The molecule has 4 nitrogen and oxygen atoms in total. The average molecular weight is 744 g/mol. The Morgan fingerprint density at radius 1 is 0.544 bits per heavy atom. The van der Waals surface area contributed by atoms with Gasteiger partial charge in [-0.25, -0.2) is 15.0 Å². The zero-order valence-corrected chi connectivity index (χ0v) is 33.1. The fourth-order valence-electron chi connectivity index (χ4n) is 14.2. The van der Waals surface area contributed by atoms with Gasteiger partial charge in [0.25, 0.3) is 0 Å². The van der Waals surface area contributed by atoms with E-state index in [1.807, 2.05) is 11.1 Å². The summed E-state index contributed by atoms with van der Waals surface area (Å²) in [6.07, 6.45) is 13.5. The fourth-order valence-corrected chi connectivity index (χ4v) is 14.2. The molecule has 0 aliphatic heterocycles. The summed E-state index contributed by atoms with van der Waals surface area (Å²) in [6.45, 7) is 4.95. The van der Waals surface area contributed by atoms with Gasteiger partial charge in [-0.2, -0.15) is 0 Å². The average Bonchev–Trinajstić information content (AvgIpc) is 3.83. The number of hydrogen-bond donors (Lipinski definition) is 0. The second-order valence-corrected chi connectivity index (χ2v) is 19.8. The molecular formula is C53H49N3O. The van der Waals surface area contributed by atoms with Gasteiger partial charge in [0, 0.05) is 32.9 Å². The van der Waals surface area contributed by atoms with Crippen LogP contribution in [0.1, 0.15) is 89.2 Å². The van der Waals surface area contributed by atoms with E-state index in [9.17, 15) is 0 Å². The van der Waals surface area contributed by atoms with Crippen LogP contribution in [-0.4, -0.2) is 15.0 Å². The predicted octanol–water partition coefficient (Wildman–Crippen LogP) is 13.4. The predicted molar refractivity (Wildman–Crippen MR) is 230 cm³/mol. The highest BCUT2D eigenvalue weighted by atomic mass is 16.3. The minimum Gasteiger partial charge on any atom is -0.456 e. The lowest BCUT2D eigenvalue weighted by molar-refractivity contribution is 0.0780. The summed E-state index contributed by atoms with van der Waals surface area (Å²) in [5.41, 5.74) is 12.1. The van der Waals surface area contributed by atoms with Crippen LogP contribution >= 0.6 is 0 Å². The van der Waals surface area contributed by atoms with Crippen molar-refractivity contribution in [3.05, 3.63) is 125 Å². The van der Waals surface area contributed by atoms with E-state index >= 15 is 0 Å². The van der Waals surface area contributed by atoms with E-state index in [2.05, 4.69) is 117 Å². The molecule has 4 heteroatoms. The number of benzene rings is 5. The van der Waals surface area contributed by atoms with Crippen molar-refractivity contribution in [2.75, 3.05) is 0 Å². The standard InChI is InChI=1S/C53H49N3O/c1-30-18-32-19-31(2)25-52(24-30,26-32)40-14-10-33(11-15-40)49-54-50(34-12-16-41(17-13-34)53-27-38-20-37-21-39(28-53)47(37)44(38)29-53)56-51(55-49)42-8-5-9-45-48(42)43-22-35-6-3-4-7-36(35)23-46(43)57-45/h3-17,22-23,30-32,37-39H,18-21,24-29H2,1-2H3/t30-,31-,32?,37?,38-,39-,52?,53?/m0/s1. The molecule has 0 N–H and O–H groups in total. The van der Waals surface area contributed by atoms with Crippen molar-refractivity contribution in [2.45, 2.75) is 88.9 Å². The Morgan fingerprint density at radius 3 is 1.89 bits per heavy atom. The van der Waals surface area contributed by atoms with Gasteiger partial charge >= 0.3 is 0 Å². The highest BCUT2D eigenvalue weighted by molar-refractivity contribution is 6.15. The molecule has 6 atom stereocenters. The van der Waals surface area contributed by atoms with Crippen molar-refractivity contribution in [2.24, 2.45) is 35.5 Å². The van der Waals surface area contributed by atoms with Gasteiger partial charge in [0.05, 0.1) is 0 Å². The van der Waals surface area contributed by atoms with Crippen LogP contribution in [0.4, 0.5) is 0 Å². The van der Waals surface area contributed by atoms with Crippen LogP contribution in [0, 0.1) is 35.5 Å². The minimum absolute atomic E-state index is 0.284. The second kappa shape index (κ2) is 11.7. The summed E-state index contributed by atoms with van der Waals surface area (Å²) in [5.74, 6) is 7.15. The number of nitrogens with zero attached hydrogens (tertiary/aromatic N) is 3. The lowest BCUT2D eigenvalue weighted by Gasteiger charge is -2.50. The highest BCUT2D eigenvalue weighted by Gasteiger charge is 2.59. The topological polar surface area (TPSA) is 51.8 Å². The first-order valence-corrected chi connectivity index (χ1v) is 21.9. The summed E-state index contributed by atoms with van der Waals surface area (Å²) >= 11 is 0. The largest absolute Gasteiger partial charge is 0.456 e. The van der Waals surface area contributed by atoms with Crippen molar-refractivity contribution in [3.63, 3.8) is 0 Å². The maximum absolute atomic E-state index is 6.52. The summed E-state index contributed by atoms with van der Waals surface area (Å²) < 4.78 is 6.52. The van der Waals surface area contributed by atoms with E-state index in [0.717, 1.165) is 85.8 Å². The Balaban J connectivity index is 0.935. The van der Waals surface area contributed by atoms with Crippen molar-refractivity contribution < 1.29 is 4.42 Å². The summed E-state index contributed by atoms with van der Waals surface area (Å²) in [5, 5.41) is 4.50. The normalized spacial score (nSPS) is 31.1. The lowest BCUT2D eigenvalue weighted by Crippen LogP contribution is -2.42. The Hall–Kier alpha value is -5.09. The van der Waals surface area contributed by atoms with Gasteiger partial charge in [-0.15, -0.1) is 0 Å². The Kier molecular flexibility index (Phi) is 6.79. The second-order valence-electron chi connectivity index (χ2n) is 19.8. The van der Waals surface area contributed by atoms with Crippen molar-refractivity contribution >= 4 is 32.7 Å². The minimum atomic E-state index is 0.284. The van der Waals surface area contributed by atoms with E-state index in [4.69, 9.17) is 19.4 Å². The molecule has 0 amide bonds. The number of aromatic nitrogens is 3. The summed E-state index contributed by atoms with van der Waals surface area (Å²) in [6, 6.07) is 38.0. The third-order valence-corrected chi connectivity index (χ3v) is 16.1. The molecule has 5 aromatic carbocycles. The Morgan fingerprint density at radius 2 is 1.18 bits per heavy atom. The molecule has 2 heterocycles. The molecule has 0 saturated heterocycles. The molecule has 6 aliphatic carbocycles. The molecule has 0 spiro atoms. The lowest BCUT2D eigenvalue weighted by atomic mass is 9.54. The first-order valence-electron chi connectivity index (χ1n) is 21.9. The van der Waals surface area contributed by atoms with Gasteiger partial charge in [-0.1, -0.05) is 110 Å². The molecular weight excluding hydrogens is 695 g/mol. The molecule has 57 heavy (non-hydrogen) atoms. The SMILES string of the molecule is C[C@H]1CC2C[C@H](C)CC(c3ccc(-c4nc(-c5ccc(C67CC8=C9C(C[C@H]8C6)C[C@H]9C7)cc5)nc(-c5cccc6oc7cc8ccccc8cc7c56)n4)cc3)(C2)C1. The fraction of sp³-hybridized carbons (Fsp3) is 0.377. The molecule has 0 radical (unpaired) electrons. The van der Waals surface area contributed by atoms with Gasteiger partial charge < -0.3 is 4.42 Å². The zero-order valence-electron chi connectivity index (χ0n) is 33.1. The Labute approximate surface area is 334 Å². The molecule has 4 saturated carbocycles. The van der Waals surface area contributed by atoms with Gasteiger partial charge in [0.1, 0.15) is 11.2 Å². The Bertz CT molecular complexity index is 2810. The third-order valence-electron chi connectivity index (χ3n) is 16.1. The van der Waals surface area contributed by atoms with Crippen LogP contribution < -0.4 is 0 Å². The van der Waals surface area contributed by atoms with E-state index in [1.165, 1.54) is 86.1 Å². The molecule has 13 rings (SSSR count). The zero-order chi connectivity index (χ0) is 37.6. The van der Waals surface area contributed by atoms with E-state index in [1.54, 1.807) is 0 Å². The summed E-state index contributed by atoms with van der Waals surface area (Å²) in [4.78, 5) is 15.9. The summed E-state index contributed by atoms with van der Waals surface area (Å²) in [7, 11) is 0. The van der Waals surface area contributed by atoms with Crippen LogP contribution in [-0.2, 0) is 10.8 Å². The van der Waals surface area contributed by atoms with Crippen molar-refractivity contribution in [3.8, 4) is 34.2 Å². The van der Waals surface area contributed by atoms with E-state index in [0.29, 0.717) is 11.2 Å². The maximum Gasteiger partial charge on any atom is 0.164 e. The smallest absolute Gasteiger partial charge is 0.164 e. The number of furan rings is 1. The van der Waals surface area contributed by atoms with Crippen LogP contribution in [0.3, 0.4) is 0 Å². The number of hydrogen-bond acceptors (Lipinski definition) is 4. The van der Waals surface area contributed by atoms with Crippen LogP contribution in [0.2, 0.25) is 0 Å². The third kappa shape index (κ3) is 4.88. The first kappa shape index (κ1) is 32.9. The molecule has 6 aliphatic rings. The quantitative estimate of drug-likeness (QED) is 0.165. The molecule has 282 valence electrons.